The van der Waals surface area contributed by atoms with Crippen molar-refractivity contribution in [1.82, 2.24) is 0 Å². The summed E-state index contributed by atoms with van der Waals surface area (Å²) in [4.78, 5) is 13.6. The van der Waals surface area contributed by atoms with Crippen molar-refractivity contribution in [3.63, 3.8) is 0 Å². The van der Waals surface area contributed by atoms with E-state index >= 15 is 0 Å². The molecule has 1 rings (SSSR count). The first-order valence-corrected chi connectivity index (χ1v) is 4.99. The van der Waals surface area contributed by atoms with E-state index in [-0.39, 0.29) is 0 Å². The second-order valence-electron chi connectivity index (χ2n) is 4.04. The van der Waals surface area contributed by atoms with Crippen LogP contribution >= 0.6 is 0 Å². The third-order valence-corrected chi connectivity index (χ3v) is 3.01. The molecule has 4 heteroatoms. The predicted octanol–water partition coefficient (Wildman–Crippen LogP) is 3.07. The lowest BCUT2D eigenvalue weighted by Gasteiger charge is -2.32. The summed E-state index contributed by atoms with van der Waals surface area (Å²) in [5, 5.41) is 0. The first-order valence-electron chi connectivity index (χ1n) is 4.99. The van der Waals surface area contributed by atoms with Gasteiger partial charge in [0.25, 0.3) is 5.92 Å². The van der Waals surface area contributed by atoms with Gasteiger partial charge in [-0.2, -0.15) is 4.99 Å². The van der Waals surface area contributed by atoms with Gasteiger partial charge in [0.2, 0.25) is 6.08 Å². The number of aliphatic imine (C=N–C) groups is 1. The average Bonchev–Trinajstić information content (AvgIpc) is 2.30. The van der Waals surface area contributed by atoms with Gasteiger partial charge in [-0.3, -0.25) is 0 Å². The van der Waals surface area contributed by atoms with Crippen LogP contribution in [-0.4, -0.2) is 17.5 Å². The average molecular weight is 203 g/mol. The van der Waals surface area contributed by atoms with Crippen LogP contribution in [0, 0.1) is 0 Å². The van der Waals surface area contributed by atoms with Gasteiger partial charge in [0.05, 0.1) is 0 Å². The highest BCUT2D eigenvalue weighted by Gasteiger charge is 2.49. The zero-order valence-electron chi connectivity index (χ0n) is 8.35. The molecular weight excluding hydrogens is 188 g/mol. The van der Waals surface area contributed by atoms with E-state index in [1.54, 1.807) is 0 Å². The fraction of sp³-hybridized carbons (Fsp3) is 0.900. The van der Waals surface area contributed by atoms with Gasteiger partial charge in [0.15, 0.2) is 0 Å². The highest BCUT2D eigenvalue weighted by atomic mass is 19.3. The molecule has 0 aliphatic heterocycles. The number of halogens is 2. The Morgan fingerprint density at radius 2 is 1.71 bits per heavy atom. The molecule has 0 radical (unpaired) electrons. The number of alkyl halides is 2. The Labute approximate surface area is 82.4 Å². The van der Waals surface area contributed by atoms with Crippen molar-refractivity contribution in [1.29, 1.82) is 0 Å². The molecule has 0 aromatic carbocycles. The SMILES string of the molecule is CC(F)(F)C1(N=C=O)CCCCCC1. The van der Waals surface area contributed by atoms with Crippen LogP contribution in [0.1, 0.15) is 45.4 Å². The van der Waals surface area contributed by atoms with Crippen molar-refractivity contribution in [2.75, 3.05) is 0 Å². The third-order valence-electron chi connectivity index (χ3n) is 3.01. The van der Waals surface area contributed by atoms with E-state index in [2.05, 4.69) is 4.99 Å². The topological polar surface area (TPSA) is 29.4 Å². The van der Waals surface area contributed by atoms with E-state index in [0.29, 0.717) is 25.7 Å². The number of hydrogen-bond acceptors (Lipinski definition) is 2. The van der Waals surface area contributed by atoms with Crippen molar-refractivity contribution in [2.45, 2.75) is 56.9 Å². The molecule has 0 amide bonds. The lowest BCUT2D eigenvalue weighted by molar-refractivity contribution is -0.0619. The van der Waals surface area contributed by atoms with Crippen LogP contribution in [-0.2, 0) is 4.79 Å². The molecule has 1 fully saturated rings. The van der Waals surface area contributed by atoms with E-state index in [4.69, 9.17) is 0 Å². The molecule has 0 saturated heterocycles. The van der Waals surface area contributed by atoms with E-state index < -0.39 is 11.5 Å². The molecular formula is C10H15F2NO. The van der Waals surface area contributed by atoms with Crippen LogP contribution in [0.2, 0.25) is 0 Å². The van der Waals surface area contributed by atoms with Gasteiger partial charge in [-0.05, 0) is 12.8 Å². The summed E-state index contributed by atoms with van der Waals surface area (Å²) >= 11 is 0. The number of nitrogens with zero attached hydrogens (tertiary/aromatic N) is 1. The largest absolute Gasteiger partial charge is 0.270 e. The monoisotopic (exact) mass is 203 g/mol. The molecule has 0 atom stereocenters. The predicted molar refractivity (Wildman–Crippen MR) is 49.2 cm³/mol. The molecule has 0 bridgehead atoms. The minimum Gasteiger partial charge on any atom is -0.211 e. The number of carbonyl (C=O) groups excluding carboxylic acids is 1. The normalized spacial score (nSPS) is 22.2. The minimum absolute atomic E-state index is 0.297. The molecule has 0 aromatic rings. The quantitative estimate of drug-likeness (QED) is 0.385. The maximum absolute atomic E-state index is 13.4. The zero-order valence-corrected chi connectivity index (χ0v) is 8.35. The Morgan fingerprint density at radius 1 is 1.21 bits per heavy atom. The number of hydrogen-bond donors (Lipinski definition) is 0. The van der Waals surface area contributed by atoms with Crippen LogP contribution in [0.4, 0.5) is 8.78 Å². The lowest BCUT2D eigenvalue weighted by atomic mass is 9.85. The van der Waals surface area contributed by atoms with Crippen molar-refractivity contribution < 1.29 is 13.6 Å². The second kappa shape index (κ2) is 4.18. The van der Waals surface area contributed by atoms with Crippen LogP contribution in [0.3, 0.4) is 0 Å². The highest BCUT2D eigenvalue weighted by molar-refractivity contribution is 5.35. The second-order valence-corrected chi connectivity index (χ2v) is 4.04. The third kappa shape index (κ3) is 2.18. The first kappa shape index (κ1) is 11.3. The standard InChI is InChI=1S/C10H15F2NO/c1-9(11,12)10(13-8-14)6-4-2-3-5-7-10/h2-7H2,1H3. The Hall–Kier alpha value is -0.760. The fourth-order valence-corrected chi connectivity index (χ4v) is 2.05. The summed E-state index contributed by atoms with van der Waals surface area (Å²) in [5.41, 5.74) is -1.48. The van der Waals surface area contributed by atoms with Gasteiger partial charge in [-0.15, -0.1) is 0 Å². The summed E-state index contributed by atoms with van der Waals surface area (Å²) in [5.74, 6) is -2.92. The van der Waals surface area contributed by atoms with Gasteiger partial charge in [0.1, 0.15) is 5.54 Å². The van der Waals surface area contributed by atoms with Crippen molar-refractivity contribution in [2.24, 2.45) is 4.99 Å². The maximum atomic E-state index is 13.4. The van der Waals surface area contributed by atoms with Crippen molar-refractivity contribution >= 4 is 6.08 Å². The van der Waals surface area contributed by atoms with Crippen LogP contribution in [0.25, 0.3) is 0 Å². The van der Waals surface area contributed by atoms with Crippen molar-refractivity contribution in [3.8, 4) is 0 Å². The van der Waals surface area contributed by atoms with Crippen LogP contribution in [0.15, 0.2) is 4.99 Å². The molecule has 0 heterocycles. The summed E-state index contributed by atoms with van der Waals surface area (Å²) in [6, 6.07) is 0. The lowest BCUT2D eigenvalue weighted by Crippen LogP contribution is -2.43. The highest BCUT2D eigenvalue weighted by Crippen LogP contribution is 2.42. The van der Waals surface area contributed by atoms with E-state index in [1.165, 1.54) is 6.08 Å². The van der Waals surface area contributed by atoms with Gasteiger partial charge in [-0.1, -0.05) is 25.7 Å². The van der Waals surface area contributed by atoms with E-state index in [1.807, 2.05) is 0 Å². The molecule has 2 nitrogen and oxygen atoms in total. The molecule has 0 aromatic heterocycles. The Balaban J connectivity index is 2.94. The fourth-order valence-electron chi connectivity index (χ4n) is 2.05. The molecule has 1 aliphatic rings. The van der Waals surface area contributed by atoms with Gasteiger partial charge >= 0.3 is 0 Å². The summed E-state index contributed by atoms with van der Waals surface area (Å²) < 4.78 is 26.7. The molecule has 0 unspecified atom stereocenters. The van der Waals surface area contributed by atoms with Gasteiger partial charge in [0, 0.05) is 6.92 Å². The van der Waals surface area contributed by atoms with Crippen molar-refractivity contribution in [3.05, 3.63) is 0 Å². The molecule has 0 N–H and O–H groups in total. The molecule has 1 aliphatic carbocycles. The maximum Gasteiger partial charge on any atom is 0.270 e. The Bertz CT molecular complexity index is 233. The molecule has 14 heavy (non-hydrogen) atoms. The zero-order chi connectivity index (χ0) is 10.7. The summed E-state index contributed by atoms with van der Waals surface area (Å²) in [6.07, 6.45) is 5.24. The Morgan fingerprint density at radius 3 is 2.07 bits per heavy atom. The number of rotatable bonds is 2. The summed E-state index contributed by atoms with van der Waals surface area (Å²) in [7, 11) is 0. The van der Waals surface area contributed by atoms with Crippen LogP contribution in [0.5, 0.6) is 0 Å². The molecule has 0 spiro atoms. The Kier molecular flexibility index (Phi) is 3.38. The van der Waals surface area contributed by atoms with Gasteiger partial charge in [-0.25, -0.2) is 13.6 Å². The van der Waals surface area contributed by atoms with E-state index in [0.717, 1.165) is 19.8 Å². The van der Waals surface area contributed by atoms with E-state index in [9.17, 15) is 13.6 Å². The molecule has 1 saturated carbocycles. The smallest absolute Gasteiger partial charge is 0.211 e. The van der Waals surface area contributed by atoms with Gasteiger partial charge < -0.3 is 0 Å². The van der Waals surface area contributed by atoms with Crippen LogP contribution < -0.4 is 0 Å². The number of isocyanates is 1. The first-order chi connectivity index (χ1) is 6.52. The molecule has 80 valence electrons. The minimum atomic E-state index is -2.92. The summed E-state index contributed by atoms with van der Waals surface area (Å²) in [6.45, 7) is 0.846.